The van der Waals surface area contributed by atoms with E-state index in [0.29, 0.717) is 12.0 Å². The van der Waals surface area contributed by atoms with Crippen LogP contribution in [0.4, 0.5) is 4.39 Å². The number of carbonyl (C=O) groups excluding carboxylic acids is 1. The van der Waals surface area contributed by atoms with Crippen LogP contribution in [0.3, 0.4) is 0 Å². The minimum Gasteiger partial charge on any atom is -0.303 e. The highest BCUT2D eigenvalue weighted by Gasteiger charge is 2.12. The standard InChI is InChI=1S/C11H12BrFO/c1-7(3-4-14)9-6-10(12)8(2)5-11(9)13/h4-7H,3H2,1-2H3. The molecule has 1 aromatic rings. The normalized spacial score (nSPS) is 12.6. The van der Waals surface area contributed by atoms with Crippen LogP contribution in [0.1, 0.15) is 30.4 Å². The van der Waals surface area contributed by atoms with E-state index in [9.17, 15) is 9.18 Å². The SMILES string of the molecule is Cc1cc(F)c(C(C)CC=O)cc1Br. The van der Waals surface area contributed by atoms with Gasteiger partial charge in [0.1, 0.15) is 12.1 Å². The molecule has 0 amide bonds. The summed E-state index contributed by atoms with van der Waals surface area (Å²) >= 11 is 3.34. The van der Waals surface area contributed by atoms with Crippen LogP contribution in [-0.2, 0) is 4.79 Å². The third-order valence-electron chi connectivity index (χ3n) is 2.26. The molecule has 0 aliphatic heterocycles. The van der Waals surface area contributed by atoms with E-state index in [2.05, 4.69) is 15.9 Å². The molecule has 14 heavy (non-hydrogen) atoms. The molecule has 0 spiro atoms. The van der Waals surface area contributed by atoms with E-state index in [1.165, 1.54) is 6.07 Å². The van der Waals surface area contributed by atoms with Crippen LogP contribution in [0, 0.1) is 12.7 Å². The van der Waals surface area contributed by atoms with Crippen molar-refractivity contribution in [3.05, 3.63) is 33.5 Å². The first-order valence-electron chi connectivity index (χ1n) is 4.45. The molecule has 76 valence electrons. The monoisotopic (exact) mass is 258 g/mol. The van der Waals surface area contributed by atoms with Gasteiger partial charge in [-0.3, -0.25) is 0 Å². The van der Waals surface area contributed by atoms with Gasteiger partial charge in [-0.25, -0.2) is 4.39 Å². The molecule has 0 radical (unpaired) electrons. The van der Waals surface area contributed by atoms with Gasteiger partial charge in [0.15, 0.2) is 0 Å². The highest BCUT2D eigenvalue weighted by atomic mass is 79.9. The number of hydrogen-bond donors (Lipinski definition) is 0. The minimum atomic E-state index is -0.236. The summed E-state index contributed by atoms with van der Waals surface area (Å²) < 4.78 is 14.3. The molecule has 0 aliphatic rings. The van der Waals surface area contributed by atoms with Crippen molar-refractivity contribution in [1.82, 2.24) is 0 Å². The maximum atomic E-state index is 13.5. The number of rotatable bonds is 3. The van der Waals surface area contributed by atoms with Gasteiger partial charge in [-0.2, -0.15) is 0 Å². The van der Waals surface area contributed by atoms with Crippen molar-refractivity contribution in [2.75, 3.05) is 0 Å². The van der Waals surface area contributed by atoms with Gasteiger partial charge in [0.05, 0.1) is 0 Å². The average molecular weight is 259 g/mol. The molecular weight excluding hydrogens is 247 g/mol. The van der Waals surface area contributed by atoms with Crippen molar-refractivity contribution < 1.29 is 9.18 Å². The van der Waals surface area contributed by atoms with Crippen molar-refractivity contribution >= 4 is 22.2 Å². The molecule has 3 heteroatoms. The second-order valence-electron chi connectivity index (χ2n) is 3.43. The molecule has 1 atom stereocenters. The highest BCUT2D eigenvalue weighted by molar-refractivity contribution is 9.10. The molecule has 0 saturated carbocycles. The van der Waals surface area contributed by atoms with Crippen LogP contribution in [-0.4, -0.2) is 6.29 Å². The Morgan fingerprint density at radius 2 is 2.21 bits per heavy atom. The number of aldehydes is 1. The molecule has 0 N–H and O–H groups in total. The van der Waals surface area contributed by atoms with Gasteiger partial charge < -0.3 is 4.79 Å². The van der Waals surface area contributed by atoms with Crippen LogP contribution in [0.5, 0.6) is 0 Å². The molecule has 1 aromatic carbocycles. The van der Waals surface area contributed by atoms with Crippen molar-refractivity contribution in [1.29, 1.82) is 0 Å². The lowest BCUT2D eigenvalue weighted by Gasteiger charge is -2.11. The van der Waals surface area contributed by atoms with Gasteiger partial charge in [-0.15, -0.1) is 0 Å². The Balaban J connectivity index is 3.08. The van der Waals surface area contributed by atoms with Crippen LogP contribution < -0.4 is 0 Å². The lowest BCUT2D eigenvalue weighted by molar-refractivity contribution is -0.108. The summed E-state index contributed by atoms with van der Waals surface area (Å²) in [5.41, 5.74) is 1.46. The Hall–Kier alpha value is -0.700. The summed E-state index contributed by atoms with van der Waals surface area (Å²) in [6, 6.07) is 3.24. The Labute approximate surface area is 91.5 Å². The van der Waals surface area contributed by atoms with Crippen molar-refractivity contribution in [2.24, 2.45) is 0 Å². The minimum absolute atomic E-state index is 0.0654. The number of aryl methyl sites for hydroxylation is 1. The fourth-order valence-corrected chi connectivity index (χ4v) is 1.67. The quantitative estimate of drug-likeness (QED) is 0.758. The zero-order valence-corrected chi connectivity index (χ0v) is 9.77. The summed E-state index contributed by atoms with van der Waals surface area (Å²) in [5.74, 6) is -0.301. The van der Waals surface area contributed by atoms with Gasteiger partial charge >= 0.3 is 0 Å². The van der Waals surface area contributed by atoms with Crippen molar-refractivity contribution in [3.8, 4) is 0 Å². The fourth-order valence-electron chi connectivity index (χ4n) is 1.31. The summed E-state index contributed by atoms with van der Waals surface area (Å²) in [6.07, 6.45) is 1.17. The third kappa shape index (κ3) is 2.41. The third-order valence-corrected chi connectivity index (χ3v) is 3.11. The smallest absolute Gasteiger partial charge is 0.127 e. The first kappa shape index (κ1) is 11.4. The van der Waals surface area contributed by atoms with Gasteiger partial charge in [0, 0.05) is 10.9 Å². The number of hydrogen-bond acceptors (Lipinski definition) is 1. The zero-order valence-electron chi connectivity index (χ0n) is 8.18. The Morgan fingerprint density at radius 3 is 2.79 bits per heavy atom. The van der Waals surface area contributed by atoms with Gasteiger partial charge in [-0.1, -0.05) is 22.9 Å². The van der Waals surface area contributed by atoms with Gasteiger partial charge in [0.25, 0.3) is 0 Å². The molecule has 0 aromatic heterocycles. The Morgan fingerprint density at radius 1 is 1.57 bits per heavy atom. The van der Waals surface area contributed by atoms with Crippen molar-refractivity contribution in [2.45, 2.75) is 26.2 Å². The second-order valence-corrected chi connectivity index (χ2v) is 4.28. The number of carbonyl (C=O) groups is 1. The van der Waals surface area contributed by atoms with E-state index in [4.69, 9.17) is 0 Å². The maximum Gasteiger partial charge on any atom is 0.127 e. The van der Waals surface area contributed by atoms with E-state index in [1.807, 2.05) is 13.8 Å². The van der Waals surface area contributed by atoms with E-state index < -0.39 is 0 Å². The molecule has 0 saturated heterocycles. The molecule has 0 fully saturated rings. The summed E-state index contributed by atoms with van der Waals surface area (Å²) in [6.45, 7) is 3.68. The lowest BCUT2D eigenvalue weighted by atomic mass is 9.97. The van der Waals surface area contributed by atoms with E-state index >= 15 is 0 Å². The van der Waals surface area contributed by atoms with Gasteiger partial charge in [-0.05, 0) is 36.1 Å². The maximum absolute atomic E-state index is 13.5. The first-order chi connectivity index (χ1) is 6.56. The summed E-state index contributed by atoms with van der Waals surface area (Å²) in [7, 11) is 0. The zero-order chi connectivity index (χ0) is 10.7. The fraction of sp³-hybridized carbons (Fsp3) is 0.364. The van der Waals surface area contributed by atoms with E-state index in [0.717, 1.165) is 16.3 Å². The second kappa shape index (κ2) is 4.69. The van der Waals surface area contributed by atoms with Gasteiger partial charge in [0.2, 0.25) is 0 Å². The van der Waals surface area contributed by atoms with Crippen molar-refractivity contribution in [3.63, 3.8) is 0 Å². The topological polar surface area (TPSA) is 17.1 Å². The Kier molecular flexibility index (Phi) is 3.81. The van der Waals surface area contributed by atoms with E-state index in [1.54, 1.807) is 6.07 Å². The highest BCUT2D eigenvalue weighted by Crippen LogP contribution is 2.27. The molecule has 0 aliphatic carbocycles. The molecule has 1 nitrogen and oxygen atoms in total. The van der Waals surface area contributed by atoms with Crippen LogP contribution in [0.15, 0.2) is 16.6 Å². The molecule has 0 bridgehead atoms. The first-order valence-corrected chi connectivity index (χ1v) is 5.24. The van der Waals surface area contributed by atoms with Crippen LogP contribution in [0.25, 0.3) is 0 Å². The molecular formula is C11H12BrFO. The predicted octanol–water partition coefficient (Wildman–Crippen LogP) is 3.59. The largest absolute Gasteiger partial charge is 0.303 e. The lowest BCUT2D eigenvalue weighted by Crippen LogP contribution is -1.99. The van der Waals surface area contributed by atoms with Crippen LogP contribution in [0.2, 0.25) is 0 Å². The number of benzene rings is 1. The summed E-state index contributed by atoms with van der Waals surface area (Å²) in [4.78, 5) is 10.3. The van der Waals surface area contributed by atoms with E-state index in [-0.39, 0.29) is 11.7 Å². The number of halogens is 2. The van der Waals surface area contributed by atoms with Crippen LogP contribution >= 0.6 is 15.9 Å². The Bertz CT molecular complexity index is 349. The molecule has 0 heterocycles. The predicted molar refractivity (Wildman–Crippen MR) is 57.9 cm³/mol. The average Bonchev–Trinajstić information content (AvgIpc) is 2.11. The summed E-state index contributed by atoms with van der Waals surface area (Å²) in [5, 5.41) is 0. The molecule has 1 rings (SSSR count). The molecule has 1 unspecified atom stereocenters.